The molecule has 0 aromatic heterocycles. The molecular weight excluding hydrogens is 531 g/mol. The van der Waals surface area contributed by atoms with Crippen LogP contribution in [0.3, 0.4) is 0 Å². The maximum Gasteiger partial charge on any atom is 0.434 e. The van der Waals surface area contributed by atoms with E-state index in [2.05, 4.69) is 10.3 Å². The molecule has 4 rings (SSSR count). The van der Waals surface area contributed by atoms with Crippen LogP contribution in [0.15, 0.2) is 82.0 Å². The Labute approximate surface area is 228 Å². The highest BCUT2D eigenvalue weighted by atomic mass is 32.2. The van der Waals surface area contributed by atoms with Crippen LogP contribution in [0.1, 0.15) is 45.7 Å². The van der Waals surface area contributed by atoms with Crippen LogP contribution in [0.4, 0.5) is 13.2 Å². The van der Waals surface area contributed by atoms with E-state index in [-0.39, 0.29) is 23.5 Å². The number of allylic oxidation sites excluding steroid dienone is 1. The summed E-state index contributed by atoms with van der Waals surface area (Å²) < 4.78 is 54.2. The maximum atomic E-state index is 14.3. The van der Waals surface area contributed by atoms with Gasteiger partial charge < -0.3 is 19.7 Å². The van der Waals surface area contributed by atoms with Crippen LogP contribution in [0.2, 0.25) is 0 Å². The zero-order valence-corrected chi connectivity index (χ0v) is 22.6. The van der Waals surface area contributed by atoms with Gasteiger partial charge in [-0.15, -0.1) is 0 Å². The molecule has 2 aliphatic heterocycles. The Morgan fingerprint density at radius 2 is 1.74 bits per heavy atom. The number of benzene rings is 2. The zero-order chi connectivity index (χ0) is 28.3. The third-order valence-corrected chi connectivity index (χ3v) is 6.47. The molecule has 2 aliphatic rings. The number of nitrogens with zero attached hydrogens (tertiary/aromatic N) is 2. The molecule has 0 fully saturated rings. The first-order valence-corrected chi connectivity index (χ1v) is 13.2. The van der Waals surface area contributed by atoms with E-state index in [1.165, 1.54) is 4.90 Å². The van der Waals surface area contributed by atoms with Crippen molar-refractivity contribution in [2.24, 2.45) is 4.99 Å². The molecule has 2 aromatic carbocycles. The van der Waals surface area contributed by atoms with E-state index in [0.29, 0.717) is 22.8 Å². The maximum absolute atomic E-state index is 14.3. The Balaban J connectivity index is 1.84. The van der Waals surface area contributed by atoms with Crippen molar-refractivity contribution in [3.05, 3.63) is 82.5 Å². The van der Waals surface area contributed by atoms with E-state index < -0.39 is 35.6 Å². The standard InChI is InChI=1S/C28H28F3N3O4S/c1-16(2)32-22(35)14-19-15-39-27-33-25(28(29,30)31)23(26(36)37-17(3)4)24(34(19)27)18-9-8-12-21(13-18)38-20-10-6-5-7-11-20/h5-13,15-17,24H,14H2,1-4H3,(H,32,35)/t24-/m0/s1. The molecule has 2 aromatic rings. The SMILES string of the molecule is CC(C)NC(=O)CC1=CSC2=NC(C(F)(F)F)=C(C(=O)OC(C)C)[C@H](c3cccc(Oc4ccccc4)c3)N12. The van der Waals surface area contributed by atoms with E-state index in [0.717, 1.165) is 11.8 Å². The highest BCUT2D eigenvalue weighted by Gasteiger charge is 2.49. The second-order valence-corrected chi connectivity index (χ2v) is 10.3. The lowest BCUT2D eigenvalue weighted by atomic mass is 9.93. The summed E-state index contributed by atoms with van der Waals surface area (Å²) in [5, 5.41) is 4.38. The molecule has 1 amide bonds. The number of hydrogen-bond acceptors (Lipinski definition) is 7. The topological polar surface area (TPSA) is 80.2 Å². The molecule has 206 valence electrons. The minimum atomic E-state index is -4.93. The third kappa shape index (κ3) is 6.65. The molecule has 2 heterocycles. The number of carbonyl (C=O) groups excluding carboxylic acids is 2. The highest BCUT2D eigenvalue weighted by molar-refractivity contribution is 8.16. The van der Waals surface area contributed by atoms with E-state index in [1.807, 2.05) is 19.9 Å². The van der Waals surface area contributed by atoms with Gasteiger partial charge in [-0.2, -0.15) is 13.2 Å². The monoisotopic (exact) mass is 559 g/mol. The number of fused-ring (bicyclic) bond motifs is 1. The van der Waals surface area contributed by atoms with E-state index in [9.17, 15) is 22.8 Å². The van der Waals surface area contributed by atoms with Crippen LogP contribution in [0, 0.1) is 0 Å². The molecule has 0 radical (unpaired) electrons. The molecule has 1 N–H and O–H groups in total. The number of amides is 1. The fraction of sp³-hybridized carbons (Fsp3) is 0.321. The van der Waals surface area contributed by atoms with Gasteiger partial charge in [0.05, 0.1) is 24.1 Å². The summed E-state index contributed by atoms with van der Waals surface area (Å²) in [7, 11) is 0. The van der Waals surface area contributed by atoms with Crippen molar-refractivity contribution in [1.82, 2.24) is 10.2 Å². The van der Waals surface area contributed by atoms with Gasteiger partial charge in [-0.3, -0.25) is 4.79 Å². The fourth-order valence-corrected chi connectivity index (χ4v) is 5.10. The van der Waals surface area contributed by atoms with Gasteiger partial charge in [0.15, 0.2) is 10.9 Å². The van der Waals surface area contributed by atoms with Gasteiger partial charge >= 0.3 is 12.1 Å². The minimum Gasteiger partial charge on any atom is -0.459 e. The van der Waals surface area contributed by atoms with Gasteiger partial charge in [0.2, 0.25) is 5.91 Å². The second-order valence-electron chi connectivity index (χ2n) is 9.49. The number of alkyl halides is 3. The number of rotatable bonds is 8. The van der Waals surface area contributed by atoms with Crippen molar-refractivity contribution in [3.63, 3.8) is 0 Å². The number of aliphatic imine (C=N–C) groups is 1. The average molecular weight is 560 g/mol. The number of amidine groups is 1. The molecule has 0 saturated carbocycles. The van der Waals surface area contributed by atoms with Crippen molar-refractivity contribution in [2.75, 3.05) is 0 Å². The number of ether oxygens (including phenoxy) is 2. The number of carbonyl (C=O) groups is 2. The summed E-state index contributed by atoms with van der Waals surface area (Å²) in [6.45, 7) is 6.73. The Hall–Kier alpha value is -3.73. The van der Waals surface area contributed by atoms with Gasteiger partial charge in [0.25, 0.3) is 0 Å². The summed E-state index contributed by atoms with van der Waals surface area (Å²) in [6.07, 6.45) is -5.72. The Kier molecular flexibility index (Phi) is 8.39. The van der Waals surface area contributed by atoms with Crippen LogP contribution in [0.25, 0.3) is 0 Å². The molecule has 0 saturated heterocycles. The summed E-state index contributed by atoms with van der Waals surface area (Å²) in [5.74, 6) is -0.547. The number of esters is 1. The summed E-state index contributed by atoms with van der Waals surface area (Å²) >= 11 is 0.964. The second kappa shape index (κ2) is 11.6. The predicted molar refractivity (Wildman–Crippen MR) is 143 cm³/mol. The highest BCUT2D eigenvalue weighted by Crippen LogP contribution is 2.48. The van der Waals surface area contributed by atoms with E-state index >= 15 is 0 Å². The van der Waals surface area contributed by atoms with Crippen LogP contribution >= 0.6 is 11.8 Å². The first kappa shape index (κ1) is 28.3. The normalized spacial score (nSPS) is 17.2. The van der Waals surface area contributed by atoms with Gasteiger partial charge in [-0.25, -0.2) is 9.79 Å². The molecule has 0 bridgehead atoms. The lowest BCUT2D eigenvalue weighted by Gasteiger charge is -2.37. The van der Waals surface area contributed by atoms with Gasteiger partial charge in [-0.05, 0) is 62.9 Å². The zero-order valence-electron chi connectivity index (χ0n) is 21.8. The van der Waals surface area contributed by atoms with E-state index in [1.54, 1.807) is 67.8 Å². The van der Waals surface area contributed by atoms with Crippen LogP contribution in [0.5, 0.6) is 11.5 Å². The van der Waals surface area contributed by atoms with Crippen molar-refractivity contribution in [2.45, 2.75) is 58.5 Å². The van der Waals surface area contributed by atoms with Gasteiger partial charge in [0, 0.05) is 11.7 Å². The minimum absolute atomic E-state index is 0.00940. The van der Waals surface area contributed by atoms with Crippen molar-refractivity contribution >= 4 is 28.8 Å². The lowest BCUT2D eigenvalue weighted by Crippen LogP contribution is -2.40. The third-order valence-electron chi connectivity index (χ3n) is 5.59. The molecule has 39 heavy (non-hydrogen) atoms. The van der Waals surface area contributed by atoms with Crippen molar-refractivity contribution in [3.8, 4) is 11.5 Å². The molecule has 7 nitrogen and oxygen atoms in total. The number of halogens is 3. The molecule has 1 atom stereocenters. The van der Waals surface area contributed by atoms with Gasteiger partial charge in [-0.1, -0.05) is 42.1 Å². The molecule has 0 unspecified atom stereocenters. The van der Waals surface area contributed by atoms with Crippen LogP contribution in [-0.4, -0.2) is 40.3 Å². The van der Waals surface area contributed by atoms with Crippen molar-refractivity contribution in [1.29, 1.82) is 0 Å². The number of para-hydroxylation sites is 1. The summed E-state index contributed by atoms with van der Waals surface area (Å²) in [6, 6.07) is 14.0. The van der Waals surface area contributed by atoms with Gasteiger partial charge in [0.1, 0.15) is 11.5 Å². The number of nitrogens with one attached hydrogen (secondary N) is 1. The van der Waals surface area contributed by atoms with Crippen LogP contribution in [-0.2, 0) is 14.3 Å². The quantitative estimate of drug-likeness (QED) is 0.374. The summed E-state index contributed by atoms with van der Waals surface area (Å²) in [4.78, 5) is 31.3. The Bertz CT molecular complexity index is 1340. The predicted octanol–water partition coefficient (Wildman–Crippen LogP) is 6.46. The summed E-state index contributed by atoms with van der Waals surface area (Å²) in [5.41, 5.74) is -1.24. The lowest BCUT2D eigenvalue weighted by molar-refractivity contribution is -0.145. The molecule has 0 spiro atoms. The fourth-order valence-electron chi connectivity index (χ4n) is 4.18. The number of thioether (sulfide) groups is 1. The number of hydrogen-bond donors (Lipinski definition) is 1. The first-order valence-electron chi connectivity index (χ1n) is 12.3. The molecule has 11 heteroatoms. The first-order chi connectivity index (χ1) is 18.4. The van der Waals surface area contributed by atoms with Crippen LogP contribution < -0.4 is 10.1 Å². The molecular formula is C28H28F3N3O4S. The van der Waals surface area contributed by atoms with Crippen molar-refractivity contribution < 1.29 is 32.2 Å². The smallest absolute Gasteiger partial charge is 0.434 e. The Morgan fingerprint density at radius 3 is 2.38 bits per heavy atom. The average Bonchev–Trinajstić information content (AvgIpc) is 3.24. The Morgan fingerprint density at radius 1 is 1.05 bits per heavy atom. The largest absolute Gasteiger partial charge is 0.459 e. The molecule has 0 aliphatic carbocycles. The van der Waals surface area contributed by atoms with E-state index in [4.69, 9.17) is 9.47 Å².